The molecule has 1 aromatic carbocycles. The van der Waals surface area contributed by atoms with Crippen molar-refractivity contribution >= 4 is 0 Å². The Labute approximate surface area is 103 Å². The Bertz CT molecular complexity index is 506. The standard InChI is InChI=1S/C11H12N4O3/c12-6-8-2-1-7(5-10(8)17)11(18)9(16)3-4-14-15-13/h1-2,5,9,11,16-18H,3-4H2. The van der Waals surface area contributed by atoms with E-state index in [0.717, 1.165) is 0 Å². The number of nitrogens with zero attached hydrogens (tertiary/aromatic N) is 4. The number of hydrogen-bond donors (Lipinski definition) is 3. The van der Waals surface area contributed by atoms with Crippen LogP contribution in [-0.2, 0) is 0 Å². The van der Waals surface area contributed by atoms with Gasteiger partial charge in [-0.2, -0.15) is 5.26 Å². The van der Waals surface area contributed by atoms with Crippen LogP contribution in [0.5, 0.6) is 5.75 Å². The molecule has 94 valence electrons. The van der Waals surface area contributed by atoms with Gasteiger partial charge in [-0.05, 0) is 29.6 Å². The second kappa shape index (κ2) is 6.47. The second-order valence-corrected chi connectivity index (χ2v) is 3.64. The molecule has 0 bridgehead atoms. The predicted octanol–water partition coefficient (Wildman–Crippen LogP) is 1.36. The molecule has 7 nitrogen and oxygen atoms in total. The molecule has 1 aromatic rings. The zero-order chi connectivity index (χ0) is 13.5. The predicted molar refractivity (Wildman–Crippen MR) is 62.4 cm³/mol. The average molecular weight is 248 g/mol. The lowest BCUT2D eigenvalue weighted by atomic mass is 10.0. The Kier molecular flexibility index (Phi) is 4.96. The zero-order valence-corrected chi connectivity index (χ0v) is 9.43. The largest absolute Gasteiger partial charge is 0.507 e. The number of aliphatic hydroxyl groups excluding tert-OH is 2. The van der Waals surface area contributed by atoms with Gasteiger partial charge in [-0.15, -0.1) is 0 Å². The lowest BCUT2D eigenvalue weighted by molar-refractivity contribution is 0.0149. The van der Waals surface area contributed by atoms with Gasteiger partial charge >= 0.3 is 0 Å². The Morgan fingerprint density at radius 2 is 2.17 bits per heavy atom. The highest BCUT2D eigenvalue weighted by molar-refractivity contribution is 5.44. The molecule has 0 aromatic heterocycles. The van der Waals surface area contributed by atoms with Crippen LogP contribution >= 0.6 is 0 Å². The number of nitriles is 1. The molecule has 0 aliphatic rings. The highest BCUT2D eigenvalue weighted by atomic mass is 16.3. The molecule has 2 atom stereocenters. The summed E-state index contributed by atoms with van der Waals surface area (Å²) in [5.74, 6) is -0.253. The maximum absolute atomic E-state index is 9.80. The molecule has 18 heavy (non-hydrogen) atoms. The van der Waals surface area contributed by atoms with E-state index in [4.69, 9.17) is 10.8 Å². The van der Waals surface area contributed by atoms with Gasteiger partial charge in [0.25, 0.3) is 0 Å². The maximum Gasteiger partial charge on any atom is 0.133 e. The highest BCUT2D eigenvalue weighted by Gasteiger charge is 2.18. The fourth-order valence-corrected chi connectivity index (χ4v) is 1.44. The Morgan fingerprint density at radius 3 is 2.72 bits per heavy atom. The number of aromatic hydroxyl groups is 1. The van der Waals surface area contributed by atoms with E-state index in [1.807, 2.05) is 0 Å². The molecule has 0 fully saturated rings. The van der Waals surface area contributed by atoms with Gasteiger partial charge in [0.1, 0.15) is 17.9 Å². The van der Waals surface area contributed by atoms with Gasteiger partial charge in [-0.25, -0.2) is 0 Å². The topological polar surface area (TPSA) is 133 Å². The van der Waals surface area contributed by atoms with Crippen molar-refractivity contribution in [2.75, 3.05) is 6.54 Å². The second-order valence-electron chi connectivity index (χ2n) is 3.64. The molecular weight excluding hydrogens is 236 g/mol. The summed E-state index contributed by atoms with van der Waals surface area (Å²) in [5.41, 5.74) is 8.46. The van der Waals surface area contributed by atoms with Crippen molar-refractivity contribution in [3.05, 3.63) is 39.8 Å². The van der Waals surface area contributed by atoms with Crippen LogP contribution in [0.3, 0.4) is 0 Å². The molecule has 1 rings (SSSR count). The van der Waals surface area contributed by atoms with Crippen LogP contribution in [0.25, 0.3) is 10.4 Å². The fourth-order valence-electron chi connectivity index (χ4n) is 1.44. The van der Waals surface area contributed by atoms with Crippen LogP contribution in [0, 0.1) is 11.3 Å². The SMILES string of the molecule is N#Cc1ccc(C(O)C(O)CCN=[N+]=[N-])cc1O. The molecule has 0 spiro atoms. The van der Waals surface area contributed by atoms with Crippen molar-refractivity contribution in [3.8, 4) is 11.8 Å². The van der Waals surface area contributed by atoms with Crippen molar-refractivity contribution in [2.24, 2.45) is 5.11 Å². The summed E-state index contributed by atoms with van der Waals surface area (Å²) in [5, 5.41) is 40.8. The summed E-state index contributed by atoms with van der Waals surface area (Å²) in [6.45, 7) is 0.0665. The van der Waals surface area contributed by atoms with Gasteiger partial charge in [0.05, 0.1) is 11.7 Å². The summed E-state index contributed by atoms with van der Waals surface area (Å²) >= 11 is 0. The lowest BCUT2D eigenvalue weighted by Crippen LogP contribution is -2.19. The van der Waals surface area contributed by atoms with Crippen molar-refractivity contribution < 1.29 is 15.3 Å². The quantitative estimate of drug-likeness (QED) is 0.412. The maximum atomic E-state index is 9.80. The summed E-state index contributed by atoms with van der Waals surface area (Å²) in [6.07, 6.45) is -2.22. The van der Waals surface area contributed by atoms with Crippen LogP contribution in [-0.4, -0.2) is 28.0 Å². The van der Waals surface area contributed by atoms with E-state index in [0.29, 0.717) is 5.56 Å². The number of rotatable bonds is 5. The minimum absolute atomic E-state index is 0.0665. The third kappa shape index (κ3) is 3.37. The van der Waals surface area contributed by atoms with E-state index < -0.39 is 12.2 Å². The van der Waals surface area contributed by atoms with Gasteiger partial charge in [0, 0.05) is 11.5 Å². The first-order valence-electron chi connectivity index (χ1n) is 5.20. The molecular formula is C11H12N4O3. The average Bonchev–Trinajstić information content (AvgIpc) is 2.38. The third-order valence-electron chi connectivity index (χ3n) is 2.44. The zero-order valence-electron chi connectivity index (χ0n) is 9.43. The molecule has 3 N–H and O–H groups in total. The monoisotopic (exact) mass is 248 g/mol. The Hall–Kier alpha value is -2.26. The lowest BCUT2D eigenvalue weighted by Gasteiger charge is -2.17. The summed E-state index contributed by atoms with van der Waals surface area (Å²) in [4.78, 5) is 2.53. The first-order valence-corrected chi connectivity index (χ1v) is 5.20. The Balaban J connectivity index is 2.77. The van der Waals surface area contributed by atoms with E-state index in [1.54, 1.807) is 6.07 Å². The van der Waals surface area contributed by atoms with Crippen molar-refractivity contribution in [1.29, 1.82) is 5.26 Å². The van der Waals surface area contributed by atoms with E-state index in [9.17, 15) is 15.3 Å². The van der Waals surface area contributed by atoms with E-state index in [-0.39, 0.29) is 24.3 Å². The number of aliphatic hydroxyl groups is 2. The van der Waals surface area contributed by atoms with Gasteiger partial charge in [-0.1, -0.05) is 11.2 Å². The minimum atomic E-state index is -1.21. The number of phenols is 1. The van der Waals surface area contributed by atoms with Gasteiger partial charge in [0.2, 0.25) is 0 Å². The van der Waals surface area contributed by atoms with Crippen LogP contribution < -0.4 is 0 Å². The molecule has 0 heterocycles. The van der Waals surface area contributed by atoms with E-state index >= 15 is 0 Å². The summed E-state index contributed by atoms with van der Waals surface area (Å²) < 4.78 is 0. The molecule has 2 unspecified atom stereocenters. The van der Waals surface area contributed by atoms with Crippen molar-refractivity contribution in [1.82, 2.24) is 0 Å². The normalized spacial score (nSPS) is 13.2. The first kappa shape index (κ1) is 13.8. The van der Waals surface area contributed by atoms with Gasteiger partial charge < -0.3 is 15.3 Å². The number of phenolic OH excluding ortho intramolecular Hbond substituents is 1. The fraction of sp³-hybridized carbons (Fsp3) is 0.364. The molecule has 0 amide bonds. The van der Waals surface area contributed by atoms with Crippen LogP contribution in [0.2, 0.25) is 0 Å². The Morgan fingerprint density at radius 1 is 1.44 bits per heavy atom. The van der Waals surface area contributed by atoms with Crippen molar-refractivity contribution in [2.45, 2.75) is 18.6 Å². The molecule has 0 aliphatic heterocycles. The molecule has 0 saturated carbocycles. The molecule has 0 aliphatic carbocycles. The minimum Gasteiger partial charge on any atom is -0.507 e. The molecule has 0 radical (unpaired) electrons. The summed E-state index contributed by atoms with van der Waals surface area (Å²) in [6, 6.07) is 5.80. The first-order chi connectivity index (χ1) is 8.60. The number of azide groups is 1. The van der Waals surface area contributed by atoms with Crippen LogP contribution in [0.15, 0.2) is 23.3 Å². The van der Waals surface area contributed by atoms with Gasteiger partial charge in [0.15, 0.2) is 0 Å². The number of hydrogen-bond acceptors (Lipinski definition) is 5. The number of benzene rings is 1. The van der Waals surface area contributed by atoms with E-state index in [1.165, 1.54) is 18.2 Å². The van der Waals surface area contributed by atoms with Crippen LogP contribution in [0.1, 0.15) is 23.7 Å². The van der Waals surface area contributed by atoms with Gasteiger partial charge in [-0.3, -0.25) is 0 Å². The van der Waals surface area contributed by atoms with Crippen molar-refractivity contribution in [3.63, 3.8) is 0 Å². The van der Waals surface area contributed by atoms with Crippen LogP contribution in [0.4, 0.5) is 0 Å². The molecule has 7 heteroatoms. The third-order valence-corrected chi connectivity index (χ3v) is 2.44. The smallest absolute Gasteiger partial charge is 0.133 e. The summed E-state index contributed by atoms with van der Waals surface area (Å²) in [7, 11) is 0. The highest BCUT2D eigenvalue weighted by Crippen LogP contribution is 2.25. The van der Waals surface area contributed by atoms with E-state index in [2.05, 4.69) is 10.0 Å². The molecule has 0 saturated heterocycles.